The van der Waals surface area contributed by atoms with Gasteiger partial charge >= 0.3 is 0 Å². The van der Waals surface area contributed by atoms with Gasteiger partial charge in [-0.15, -0.1) is 0 Å². The summed E-state index contributed by atoms with van der Waals surface area (Å²) in [5.41, 5.74) is 1.64. The molecule has 27 heavy (non-hydrogen) atoms. The number of aliphatic hydroxyl groups excluding tert-OH is 2. The first-order chi connectivity index (χ1) is 13.1. The molecule has 2 atom stereocenters. The molecule has 0 radical (unpaired) electrons. The van der Waals surface area contributed by atoms with Crippen molar-refractivity contribution in [3.8, 4) is 0 Å². The van der Waals surface area contributed by atoms with Crippen LogP contribution in [-0.4, -0.2) is 51.2 Å². The Kier molecular flexibility index (Phi) is 5.80. The number of hydrogen-bond donors (Lipinski definition) is 5. The van der Waals surface area contributed by atoms with E-state index < -0.39 is 30.6 Å². The number of para-hydroxylation sites is 1. The molecule has 0 aliphatic heterocycles. The first kappa shape index (κ1) is 18.6. The van der Waals surface area contributed by atoms with Gasteiger partial charge in [0.1, 0.15) is 11.8 Å². The maximum Gasteiger partial charge on any atom is 0.268 e. The third-order valence-electron chi connectivity index (χ3n) is 4.13. The van der Waals surface area contributed by atoms with Gasteiger partial charge in [0.05, 0.1) is 19.2 Å². The van der Waals surface area contributed by atoms with Crippen LogP contribution in [0.2, 0.25) is 0 Å². The average molecular weight is 368 g/mol. The highest BCUT2D eigenvalue weighted by Gasteiger charge is 2.22. The van der Waals surface area contributed by atoms with Crippen molar-refractivity contribution in [1.29, 1.82) is 0 Å². The molecule has 2 aromatic heterocycles. The summed E-state index contributed by atoms with van der Waals surface area (Å²) in [6.07, 6.45) is 1.90. The van der Waals surface area contributed by atoms with Gasteiger partial charge in [0, 0.05) is 28.9 Å². The lowest BCUT2D eigenvalue weighted by Crippen LogP contribution is -2.46. The lowest BCUT2D eigenvalue weighted by Gasteiger charge is -2.22. The van der Waals surface area contributed by atoms with Crippen LogP contribution >= 0.6 is 0 Å². The Morgan fingerprint density at radius 1 is 1.19 bits per heavy atom. The first-order valence-corrected chi connectivity index (χ1v) is 8.42. The van der Waals surface area contributed by atoms with E-state index in [0.29, 0.717) is 11.3 Å². The second-order valence-electron chi connectivity index (χ2n) is 6.04. The zero-order chi connectivity index (χ0) is 19.2. The number of nitrogens with zero attached hydrogens (tertiary/aromatic N) is 1. The zero-order valence-electron chi connectivity index (χ0n) is 14.4. The molecule has 3 rings (SSSR count). The van der Waals surface area contributed by atoms with Gasteiger partial charge in [-0.1, -0.05) is 24.3 Å². The van der Waals surface area contributed by atoms with Crippen LogP contribution in [0.15, 0.2) is 54.9 Å². The summed E-state index contributed by atoms with van der Waals surface area (Å²) >= 11 is 0. The number of aromatic nitrogens is 2. The highest BCUT2D eigenvalue weighted by molar-refractivity contribution is 5.99. The van der Waals surface area contributed by atoms with Gasteiger partial charge in [0.15, 0.2) is 0 Å². The highest BCUT2D eigenvalue weighted by Crippen LogP contribution is 2.15. The molecule has 2 amide bonds. The molecule has 1 aromatic carbocycles. The number of pyridine rings is 1. The van der Waals surface area contributed by atoms with E-state index in [4.69, 9.17) is 0 Å². The summed E-state index contributed by atoms with van der Waals surface area (Å²) < 4.78 is 0. The number of carbonyl (C=O) groups is 2. The molecular weight excluding hydrogens is 348 g/mol. The lowest BCUT2D eigenvalue weighted by molar-refractivity contribution is -0.122. The van der Waals surface area contributed by atoms with Crippen LogP contribution in [-0.2, 0) is 4.79 Å². The Bertz CT molecular complexity index is 893. The molecule has 0 bridgehead atoms. The second-order valence-corrected chi connectivity index (χ2v) is 6.04. The predicted octanol–water partition coefficient (Wildman–Crippen LogP) is 0.503. The highest BCUT2D eigenvalue weighted by atomic mass is 16.3. The van der Waals surface area contributed by atoms with E-state index in [-0.39, 0.29) is 6.54 Å². The molecule has 140 valence electrons. The van der Waals surface area contributed by atoms with Gasteiger partial charge in [-0.2, -0.15) is 0 Å². The van der Waals surface area contributed by atoms with E-state index in [1.807, 2.05) is 24.3 Å². The largest absolute Gasteiger partial charge is 0.394 e. The molecule has 2 heterocycles. The van der Waals surface area contributed by atoms with Crippen molar-refractivity contribution in [2.24, 2.45) is 0 Å². The van der Waals surface area contributed by atoms with Crippen molar-refractivity contribution < 1.29 is 19.8 Å². The number of aliphatic hydroxyl groups is 2. The number of nitrogens with one attached hydrogen (secondary N) is 3. The van der Waals surface area contributed by atoms with Crippen LogP contribution in [0.3, 0.4) is 0 Å². The van der Waals surface area contributed by atoms with Gasteiger partial charge in [0.2, 0.25) is 5.91 Å². The maximum absolute atomic E-state index is 12.2. The number of amides is 2. The van der Waals surface area contributed by atoms with E-state index in [9.17, 15) is 19.8 Å². The Morgan fingerprint density at radius 2 is 2.00 bits per heavy atom. The summed E-state index contributed by atoms with van der Waals surface area (Å²) in [6.45, 7) is -0.748. The molecule has 0 fully saturated rings. The van der Waals surface area contributed by atoms with Crippen molar-refractivity contribution in [1.82, 2.24) is 20.6 Å². The molecule has 0 aliphatic carbocycles. The third kappa shape index (κ3) is 4.49. The number of fused-ring (bicyclic) bond motifs is 1. The van der Waals surface area contributed by atoms with E-state index in [1.165, 1.54) is 6.20 Å². The number of hydrogen-bond acceptors (Lipinski definition) is 5. The smallest absolute Gasteiger partial charge is 0.268 e. The number of carbonyl (C=O) groups excluding carboxylic acids is 2. The van der Waals surface area contributed by atoms with E-state index >= 15 is 0 Å². The van der Waals surface area contributed by atoms with E-state index in [0.717, 1.165) is 10.9 Å². The third-order valence-corrected chi connectivity index (χ3v) is 4.13. The normalized spacial score (nSPS) is 13.1. The van der Waals surface area contributed by atoms with Crippen LogP contribution in [0.4, 0.5) is 0 Å². The fourth-order valence-electron chi connectivity index (χ4n) is 2.72. The van der Waals surface area contributed by atoms with Crippen LogP contribution < -0.4 is 10.6 Å². The Hall–Kier alpha value is -3.23. The average Bonchev–Trinajstić information content (AvgIpc) is 3.14. The molecule has 0 spiro atoms. The van der Waals surface area contributed by atoms with Crippen molar-refractivity contribution in [3.63, 3.8) is 0 Å². The van der Waals surface area contributed by atoms with Gasteiger partial charge < -0.3 is 25.8 Å². The minimum Gasteiger partial charge on any atom is -0.394 e. The van der Waals surface area contributed by atoms with Crippen molar-refractivity contribution in [2.45, 2.75) is 12.1 Å². The molecule has 8 nitrogen and oxygen atoms in total. The molecule has 5 N–H and O–H groups in total. The van der Waals surface area contributed by atoms with E-state index in [1.54, 1.807) is 24.4 Å². The van der Waals surface area contributed by atoms with Crippen molar-refractivity contribution in [3.05, 3.63) is 66.1 Å². The van der Waals surface area contributed by atoms with Crippen LogP contribution in [0.25, 0.3) is 10.9 Å². The number of H-pyrrole nitrogens is 1. The molecule has 0 saturated carbocycles. The lowest BCUT2D eigenvalue weighted by atomic mass is 10.0. The Morgan fingerprint density at radius 3 is 2.70 bits per heavy atom. The number of rotatable bonds is 7. The molecule has 0 aliphatic rings. The quantitative estimate of drug-likeness (QED) is 0.415. The maximum atomic E-state index is 12.2. The van der Waals surface area contributed by atoms with Crippen LogP contribution in [0, 0.1) is 0 Å². The Labute approximate surface area is 155 Å². The summed E-state index contributed by atoms with van der Waals surface area (Å²) in [4.78, 5) is 31.2. The van der Waals surface area contributed by atoms with Gasteiger partial charge in [-0.3, -0.25) is 14.6 Å². The van der Waals surface area contributed by atoms with E-state index in [2.05, 4.69) is 20.6 Å². The summed E-state index contributed by atoms with van der Waals surface area (Å²) in [7, 11) is 0. The van der Waals surface area contributed by atoms with Crippen LogP contribution in [0.5, 0.6) is 0 Å². The van der Waals surface area contributed by atoms with Crippen LogP contribution in [0.1, 0.15) is 22.2 Å². The predicted molar refractivity (Wildman–Crippen MR) is 98.8 cm³/mol. The molecule has 3 aromatic rings. The SMILES string of the molecule is O=C(CNC(=O)c1cc2ccccc2[nH]1)NC(CO)C(O)c1cccnc1. The minimum absolute atomic E-state index is 0.287. The summed E-state index contributed by atoms with van der Waals surface area (Å²) in [6, 6.07) is 11.5. The molecular formula is C19H20N4O4. The topological polar surface area (TPSA) is 127 Å². The molecule has 2 unspecified atom stereocenters. The fraction of sp³-hybridized carbons (Fsp3) is 0.211. The summed E-state index contributed by atoms with van der Waals surface area (Å²) in [5.74, 6) is -0.948. The summed E-state index contributed by atoms with van der Waals surface area (Å²) in [5, 5.41) is 25.6. The van der Waals surface area contributed by atoms with Gasteiger partial charge in [0.25, 0.3) is 5.91 Å². The monoisotopic (exact) mass is 368 g/mol. The molecule has 0 saturated heterocycles. The fourth-order valence-corrected chi connectivity index (χ4v) is 2.72. The van der Waals surface area contributed by atoms with Gasteiger partial charge in [-0.05, 0) is 18.2 Å². The molecule has 8 heteroatoms. The van der Waals surface area contributed by atoms with Crippen molar-refractivity contribution >= 4 is 22.7 Å². The Balaban J connectivity index is 1.55. The number of benzene rings is 1. The first-order valence-electron chi connectivity index (χ1n) is 8.42. The number of aromatic amines is 1. The van der Waals surface area contributed by atoms with Gasteiger partial charge in [-0.25, -0.2) is 0 Å². The standard InChI is InChI=1S/C19H20N4O4/c24-11-16(18(26)13-5-3-7-20-9-13)23-17(25)10-21-19(27)15-8-12-4-1-2-6-14(12)22-15/h1-9,16,18,22,24,26H,10-11H2,(H,21,27)(H,23,25). The van der Waals surface area contributed by atoms with Crippen molar-refractivity contribution in [2.75, 3.05) is 13.2 Å². The zero-order valence-corrected chi connectivity index (χ0v) is 14.4. The second kappa shape index (κ2) is 8.43. The minimum atomic E-state index is -1.11.